The highest BCUT2D eigenvalue weighted by Crippen LogP contribution is 2.39. The lowest BCUT2D eigenvalue weighted by Gasteiger charge is -2.37. The van der Waals surface area contributed by atoms with Crippen molar-refractivity contribution in [2.45, 2.75) is 58.2 Å². The third-order valence-electron chi connectivity index (χ3n) is 4.52. The topological polar surface area (TPSA) is 26.3 Å². The van der Waals surface area contributed by atoms with Gasteiger partial charge in [-0.05, 0) is 60.7 Å². The molecule has 0 aliphatic heterocycles. The average Bonchev–Trinajstić information content (AvgIpc) is 2.72. The lowest BCUT2D eigenvalue weighted by molar-refractivity contribution is 0.112. The molecule has 3 heteroatoms. The largest absolute Gasteiger partial charge is 0.543 e. The monoisotopic (exact) mass is 276 g/mol. The van der Waals surface area contributed by atoms with E-state index in [2.05, 4.69) is 39.9 Å². The summed E-state index contributed by atoms with van der Waals surface area (Å²) in [4.78, 5) is 11.3. The molecular weight excluding hydrogens is 252 g/mol. The molecule has 0 aromatic heterocycles. The van der Waals surface area contributed by atoms with Gasteiger partial charge in [-0.25, -0.2) is 0 Å². The molecule has 1 aromatic carbocycles. The first-order valence-corrected chi connectivity index (χ1v) is 9.95. The van der Waals surface area contributed by atoms with Crippen molar-refractivity contribution in [3.63, 3.8) is 0 Å². The molecule has 2 nitrogen and oxygen atoms in total. The second-order valence-electron chi connectivity index (χ2n) is 6.99. The Hall–Kier alpha value is -1.09. The van der Waals surface area contributed by atoms with Crippen molar-refractivity contribution in [2.75, 3.05) is 0 Å². The van der Waals surface area contributed by atoms with Gasteiger partial charge in [0, 0.05) is 0 Å². The number of rotatable bonds is 3. The molecule has 0 spiro atoms. The highest BCUT2D eigenvalue weighted by Gasteiger charge is 2.39. The van der Waals surface area contributed by atoms with Crippen molar-refractivity contribution in [3.05, 3.63) is 28.8 Å². The fourth-order valence-electron chi connectivity index (χ4n) is 2.23. The van der Waals surface area contributed by atoms with E-state index >= 15 is 0 Å². The van der Waals surface area contributed by atoms with Crippen LogP contribution in [0.3, 0.4) is 0 Å². The second-order valence-corrected chi connectivity index (χ2v) is 11.7. The highest BCUT2D eigenvalue weighted by atomic mass is 28.4. The summed E-state index contributed by atoms with van der Waals surface area (Å²) in [7, 11) is -1.88. The molecule has 0 saturated carbocycles. The van der Waals surface area contributed by atoms with Crippen molar-refractivity contribution in [1.82, 2.24) is 0 Å². The van der Waals surface area contributed by atoms with Crippen LogP contribution in [0.5, 0.6) is 5.75 Å². The fourth-order valence-corrected chi connectivity index (χ4v) is 3.26. The number of aryl methyl sites for hydroxylation is 2. The van der Waals surface area contributed by atoms with Crippen molar-refractivity contribution in [2.24, 2.45) is 0 Å². The van der Waals surface area contributed by atoms with E-state index in [1.54, 1.807) is 0 Å². The Balaban J connectivity index is 2.38. The van der Waals surface area contributed by atoms with Crippen LogP contribution in [0.25, 0.3) is 0 Å². The maximum absolute atomic E-state index is 11.3. The minimum absolute atomic E-state index is 0.145. The van der Waals surface area contributed by atoms with Gasteiger partial charge < -0.3 is 4.43 Å². The van der Waals surface area contributed by atoms with E-state index in [1.807, 2.05) is 6.07 Å². The molecule has 0 heterocycles. The van der Waals surface area contributed by atoms with Crippen molar-refractivity contribution in [1.29, 1.82) is 0 Å². The van der Waals surface area contributed by atoms with Crippen LogP contribution in [0.2, 0.25) is 18.1 Å². The van der Waals surface area contributed by atoms with E-state index < -0.39 is 8.32 Å². The van der Waals surface area contributed by atoms with Crippen LogP contribution in [0.4, 0.5) is 0 Å². The standard InChI is InChI=1S/C16H24O2Si/c1-16(2,3)19(4,5)18-15-10-13-8-6-7-12(13)9-14(15)11-17/h9-11H,6-8H2,1-5H3. The molecule has 2 rings (SSSR count). The molecule has 0 atom stereocenters. The van der Waals surface area contributed by atoms with E-state index in [9.17, 15) is 4.79 Å². The van der Waals surface area contributed by atoms with Gasteiger partial charge in [0.1, 0.15) is 5.75 Å². The first kappa shape index (κ1) is 14.3. The van der Waals surface area contributed by atoms with Gasteiger partial charge in [0.2, 0.25) is 0 Å². The fraction of sp³-hybridized carbons (Fsp3) is 0.562. The maximum Gasteiger partial charge on any atom is 0.250 e. The lowest BCUT2D eigenvalue weighted by Crippen LogP contribution is -2.44. The zero-order valence-corrected chi connectivity index (χ0v) is 13.7. The Morgan fingerprint density at radius 2 is 1.74 bits per heavy atom. The van der Waals surface area contributed by atoms with Crippen LogP contribution in [0.1, 0.15) is 48.7 Å². The van der Waals surface area contributed by atoms with Gasteiger partial charge >= 0.3 is 0 Å². The second kappa shape index (κ2) is 4.78. The Morgan fingerprint density at radius 1 is 1.16 bits per heavy atom. The molecule has 1 aromatic rings. The zero-order chi connectivity index (χ0) is 14.3. The third-order valence-corrected chi connectivity index (χ3v) is 8.87. The number of hydrogen-bond donors (Lipinski definition) is 0. The van der Waals surface area contributed by atoms with Crippen molar-refractivity contribution < 1.29 is 9.22 Å². The van der Waals surface area contributed by atoms with Gasteiger partial charge in [0.05, 0.1) is 5.56 Å². The Morgan fingerprint density at radius 3 is 2.26 bits per heavy atom. The number of fused-ring (bicyclic) bond motifs is 1. The summed E-state index contributed by atoms with van der Waals surface area (Å²) in [6.07, 6.45) is 4.33. The molecule has 1 aliphatic rings. The van der Waals surface area contributed by atoms with Gasteiger partial charge in [0.15, 0.2) is 6.29 Å². The average molecular weight is 276 g/mol. The number of carbonyl (C=O) groups is 1. The minimum Gasteiger partial charge on any atom is -0.543 e. The summed E-state index contributed by atoms with van der Waals surface area (Å²) in [5.74, 6) is 0.794. The number of hydrogen-bond acceptors (Lipinski definition) is 2. The Kier molecular flexibility index (Phi) is 3.60. The quantitative estimate of drug-likeness (QED) is 0.605. The van der Waals surface area contributed by atoms with E-state index in [-0.39, 0.29) is 5.04 Å². The van der Waals surface area contributed by atoms with E-state index in [0.29, 0.717) is 5.56 Å². The van der Waals surface area contributed by atoms with Crippen LogP contribution >= 0.6 is 0 Å². The molecule has 104 valence electrons. The summed E-state index contributed by atoms with van der Waals surface area (Å²) in [5, 5.41) is 0.145. The smallest absolute Gasteiger partial charge is 0.250 e. The van der Waals surface area contributed by atoms with Gasteiger partial charge in [-0.2, -0.15) is 0 Å². The van der Waals surface area contributed by atoms with Gasteiger partial charge in [-0.1, -0.05) is 20.8 Å². The zero-order valence-electron chi connectivity index (χ0n) is 12.7. The summed E-state index contributed by atoms with van der Waals surface area (Å²) >= 11 is 0. The van der Waals surface area contributed by atoms with E-state index in [1.165, 1.54) is 17.5 Å². The molecule has 1 aliphatic carbocycles. The van der Waals surface area contributed by atoms with Gasteiger partial charge in [-0.15, -0.1) is 0 Å². The van der Waals surface area contributed by atoms with Gasteiger partial charge in [0.25, 0.3) is 8.32 Å². The summed E-state index contributed by atoms with van der Waals surface area (Å²) < 4.78 is 6.32. The number of aldehydes is 1. The summed E-state index contributed by atoms with van der Waals surface area (Å²) in [6.45, 7) is 11.1. The van der Waals surface area contributed by atoms with Crippen LogP contribution in [0, 0.1) is 0 Å². The summed E-state index contributed by atoms with van der Waals surface area (Å²) in [5.41, 5.74) is 3.40. The third kappa shape index (κ3) is 2.76. The van der Waals surface area contributed by atoms with E-state index in [0.717, 1.165) is 24.9 Å². The number of carbonyl (C=O) groups excluding carboxylic acids is 1. The molecule has 0 fully saturated rings. The molecule has 0 radical (unpaired) electrons. The van der Waals surface area contributed by atoms with Crippen molar-refractivity contribution in [3.8, 4) is 5.75 Å². The molecule has 0 N–H and O–H groups in total. The molecule has 0 amide bonds. The Bertz CT molecular complexity index is 498. The van der Waals surface area contributed by atoms with Crippen molar-refractivity contribution >= 4 is 14.6 Å². The van der Waals surface area contributed by atoms with Crippen LogP contribution < -0.4 is 4.43 Å². The maximum atomic E-state index is 11.3. The lowest BCUT2D eigenvalue weighted by atomic mass is 10.1. The predicted octanol–water partition coefficient (Wildman–Crippen LogP) is 4.37. The molecule has 19 heavy (non-hydrogen) atoms. The van der Waals surface area contributed by atoms with Crippen LogP contribution in [0.15, 0.2) is 12.1 Å². The highest BCUT2D eigenvalue weighted by molar-refractivity contribution is 6.74. The normalized spacial score (nSPS) is 15.2. The van der Waals surface area contributed by atoms with Gasteiger partial charge in [-0.3, -0.25) is 4.79 Å². The first-order chi connectivity index (χ1) is 8.74. The van der Waals surface area contributed by atoms with E-state index in [4.69, 9.17) is 4.43 Å². The Labute approximate surface area is 117 Å². The molecular formula is C16H24O2Si. The summed E-state index contributed by atoms with van der Waals surface area (Å²) in [6, 6.07) is 4.13. The number of benzene rings is 1. The first-order valence-electron chi connectivity index (χ1n) is 7.04. The van der Waals surface area contributed by atoms with Crippen LogP contribution in [-0.4, -0.2) is 14.6 Å². The molecule has 0 unspecified atom stereocenters. The van der Waals surface area contributed by atoms with Crippen LogP contribution in [-0.2, 0) is 12.8 Å². The minimum atomic E-state index is -1.88. The molecule has 0 saturated heterocycles. The SMILES string of the molecule is CC(C)(C)[Si](C)(C)Oc1cc2c(cc1C=O)CCC2. The molecule has 0 bridgehead atoms. The predicted molar refractivity (Wildman–Crippen MR) is 81.7 cm³/mol.